The number of morpholine rings is 1. The van der Waals surface area contributed by atoms with Crippen molar-refractivity contribution in [1.82, 2.24) is 10.3 Å². The van der Waals surface area contributed by atoms with E-state index >= 15 is 0 Å². The smallest absolute Gasteiger partial charge is 0.261 e. The number of amides is 3. The van der Waals surface area contributed by atoms with E-state index in [4.69, 9.17) is 16.3 Å². The topological polar surface area (TPSA) is 101 Å². The Kier molecular flexibility index (Phi) is 6.38. The lowest BCUT2D eigenvalue weighted by molar-refractivity contribution is -0.125. The second kappa shape index (κ2) is 8.94. The largest absolute Gasteiger partial charge is 0.370 e. The highest BCUT2D eigenvalue weighted by atomic mass is 35.5. The van der Waals surface area contributed by atoms with Gasteiger partial charge in [0.25, 0.3) is 11.8 Å². The molecule has 3 rings (SSSR count). The van der Waals surface area contributed by atoms with E-state index in [1.165, 1.54) is 17.5 Å². The average Bonchev–Trinajstić information content (AvgIpc) is 3.09. The Morgan fingerprint density at radius 2 is 2.15 bits per heavy atom. The number of aromatic nitrogens is 1. The molecule has 0 atom stereocenters. The van der Waals surface area contributed by atoms with E-state index in [9.17, 15) is 14.4 Å². The second-order valence-electron chi connectivity index (χ2n) is 5.66. The summed E-state index contributed by atoms with van der Waals surface area (Å²) in [5.74, 6) is -0.145. The summed E-state index contributed by atoms with van der Waals surface area (Å²) < 4.78 is 5.62. The molecule has 0 aliphatic carbocycles. The van der Waals surface area contributed by atoms with Gasteiger partial charge in [-0.1, -0.05) is 11.6 Å². The third-order valence-corrected chi connectivity index (χ3v) is 4.96. The molecular formula is C17H17ClN4O4S. The van der Waals surface area contributed by atoms with E-state index in [1.54, 1.807) is 29.2 Å². The first kappa shape index (κ1) is 19.3. The van der Waals surface area contributed by atoms with E-state index in [1.807, 2.05) is 0 Å². The molecule has 0 unspecified atom stereocenters. The van der Waals surface area contributed by atoms with Crippen molar-refractivity contribution in [2.45, 2.75) is 6.42 Å². The summed E-state index contributed by atoms with van der Waals surface area (Å²) in [6.45, 7) is 1.17. The Bertz CT molecular complexity index is 840. The molecule has 3 amide bonds. The molecule has 1 saturated heterocycles. The van der Waals surface area contributed by atoms with Gasteiger partial charge in [-0.05, 0) is 24.3 Å². The number of carbonyl (C=O) groups is 3. The lowest BCUT2D eigenvalue weighted by atomic mass is 10.3. The summed E-state index contributed by atoms with van der Waals surface area (Å²) in [6.07, 6.45) is 1.61. The molecule has 1 aliphatic heterocycles. The highest BCUT2D eigenvalue weighted by Gasteiger charge is 2.21. The van der Waals surface area contributed by atoms with Gasteiger partial charge >= 0.3 is 0 Å². The Balaban J connectivity index is 1.45. The van der Waals surface area contributed by atoms with Crippen LogP contribution in [0.1, 0.15) is 16.1 Å². The number of nitrogens with one attached hydrogen (secondary N) is 2. The van der Waals surface area contributed by atoms with Crippen LogP contribution in [0, 0.1) is 0 Å². The fourth-order valence-electron chi connectivity index (χ4n) is 2.42. The number of halogens is 1. The summed E-state index contributed by atoms with van der Waals surface area (Å²) in [7, 11) is 0. The molecule has 0 aromatic carbocycles. The molecular weight excluding hydrogens is 392 g/mol. The van der Waals surface area contributed by atoms with Gasteiger partial charge in [0, 0.05) is 13.0 Å². The number of thiophene rings is 1. The lowest BCUT2D eigenvalue weighted by Gasteiger charge is -2.25. The van der Waals surface area contributed by atoms with Gasteiger partial charge in [-0.3, -0.25) is 19.3 Å². The van der Waals surface area contributed by atoms with Crippen LogP contribution in [0.5, 0.6) is 0 Å². The van der Waals surface area contributed by atoms with Gasteiger partial charge in [-0.2, -0.15) is 0 Å². The van der Waals surface area contributed by atoms with Crippen LogP contribution in [0.15, 0.2) is 30.5 Å². The summed E-state index contributed by atoms with van der Waals surface area (Å²) in [5, 5.41) is 5.37. The first-order valence-electron chi connectivity index (χ1n) is 8.20. The van der Waals surface area contributed by atoms with E-state index in [0.717, 1.165) is 0 Å². The van der Waals surface area contributed by atoms with Gasteiger partial charge in [-0.25, -0.2) is 4.98 Å². The van der Waals surface area contributed by atoms with Crippen molar-refractivity contribution in [2.75, 3.05) is 36.5 Å². The fourth-order valence-corrected chi connectivity index (χ4v) is 3.38. The van der Waals surface area contributed by atoms with E-state index in [-0.39, 0.29) is 37.3 Å². The molecule has 1 aliphatic rings. The Labute approximate surface area is 164 Å². The number of ether oxygens (including phenoxy) is 1. The SMILES string of the molecule is O=C(CCNC(=O)c1ccc(Cl)s1)Nc1ccc(N2CCOCC2=O)nc1. The second-order valence-corrected chi connectivity index (χ2v) is 7.38. The summed E-state index contributed by atoms with van der Waals surface area (Å²) in [6, 6.07) is 6.63. The van der Waals surface area contributed by atoms with Crippen molar-refractivity contribution < 1.29 is 19.1 Å². The number of hydrogen-bond donors (Lipinski definition) is 2. The van der Waals surface area contributed by atoms with E-state index in [2.05, 4.69) is 15.6 Å². The summed E-state index contributed by atoms with van der Waals surface area (Å²) >= 11 is 6.97. The normalized spacial score (nSPS) is 14.1. The number of anilines is 2. The summed E-state index contributed by atoms with van der Waals surface area (Å²) in [5.41, 5.74) is 0.515. The molecule has 0 spiro atoms. The number of rotatable bonds is 6. The Hall–Kier alpha value is -2.49. The molecule has 142 valence electrons. The van der Waals surface area contributed by atoms with Crippen molar-refractivity contribution >= 4 is 52.2 Å². The van der Waals surface area contributed by atoms with Gasteiger partial charge in [0.05, 0.1) is 34.2 Å². The van der Waals surface area contributed by atoms with Gasteiger partial charge in [-0.15, -0.1) is 11.3 Å². The molecule has 0 saturated carbocycles. The molecule has 0 bridgehead atoms. The monoisotopic (exact) mass is 408 g/mol. The third kappa shape index (κ3) is 5.25. The molecule has 1 fully saturated rings. The highest BCUT2D eigenvalue weighted by molar-refractivity contribution is 7.17. The summed E-state index contributed by atoms with van der Waals surface area (Å²) in [4.78, 5) is 41.9. The van der Waals surface area contributed by atoms with Crippen molar-refractivity contribution in [3.8, 4) is 0 Å². The van der Waals surface area contributed by atoms with Crippen LogP contribution in [0.2, 0.25) is 4.34 Å². The maximum atomic E-state index is 12.0. The zero-order valence-electron chi connectivity index (χ0n) is 14.2. The van der Waals surface area contributed by atoms with Crippen molar-refractivity contribution in [2.24, 2.45) is 0 Å². The van der Waals surface area contributed by atoms with Gasteiger partial charge < -0.3 is 15.4 Å². The minimum absolute atomic E-state index is 0.0452. The van der Waals surface area contributed by atoms with Gasteiger partial charge in [0.1, 0.15) is 12.4 Å². The van der Waals surface area contributed by atoms with Crippen LogP contribution in [-0.2, 0) is 14.3 Å². The number of hydrogen-bond acceptors (Lipinski definition) is 6. The third-order valence-electron chi connectivity index (χ3n) is 3.73. The average molecular weight is 409 g/mol. The van der Waals surface area contributed by atoms with Gasteiger partial charge in [0.15, 0.2) is 0 Å². The number of carbonyl (C=O) groups excluding carboxylic acids is 3. The van der Waals surface area contributed by atoms with E-state index in [0.29, 0.717) is 33.9 Å². The molecule has 10 heteroatoms. The van der Waals surface area contributed by atoms with E-state index < -0.39 is 0 Å². The molecule has 8 nitrogen and oxygen atoms in total. The van der Waals surface area contributed by atoms with Crippen molar-refractivity contribution in [3.63, 3.8) is 0 Å². The molecule has 2 aromatic rings. The molecule has 2 aromatic heterocycles. The number of nitrogens with zero attached hydrogens (tertiary/aromatic N) is 2. The zero-order valence-corrected chi connectivity index (χ0v) is 15.8. The van der Waals surface area contributed by atoms with Crippen molar-refractivity contribution in [3.05, 3.63) is 39.7 Å². The Morgan fingerprint density at radius 1 is 1.30 bits per heavy atom. The minimum Gasteiger partial charge on any atom is -0.370 e. The lowest BCUT2D eigenvalue weighted by Crippen LogP contribution is -2.42. The van der Waals surface area contributed by atoms with Crippen LogP contribution in [0.4, 0.5) is 11.5 Å². The molecule has 0 radical (unpaired) electrons. The maximum Gasteiger partial charge on any atom is 0.261 e. The first-order chi connectivity index (χ1) is 13.0. The number of pyridine rings is 1. The highest BCUT2D eigenvalue weighted by Crippen LogP contribution is 2.21. The van der Waals surface area contributed by atoms with Crippen LogP contribution >= 0.6 is 22.9 Å². The van der Waals surface area contributed by atoms with Crippen LogP contribution in [-0.4, -0.2) is 49.0 Å². The predicted molar refractivity (Wildman–Crippen MR) is 102 cm³/mol. The standard InChI is InChI=1S/C17H17ClN4O4S/c18-13-3-2-12(27-13)17(25)19-6-5-15(23)21-11-1-4-14(20-9-11)22-7-8-26-10-16(22)24/h1-4,9H,5-8,10H2,(H,19,25)(H,21,23). The fraction of sp³-hybridized carbons (Fsp3) is 0.294. The molecule has 27 heavy (non-hydrogen) atoms. The van der Waals surface area contributed by atoms with Crippen LogP contribution in [0.25, 0.3) is 0 Å². The van der Waals surface area contributed by atoms with Gasteiger partial charge in [0.2, 0.25) is 5.91 Å². The Morgan fingerprint density at radius 3 is 2.81 bits per heavy atom. The maximum absolute atomic E-state index is 12.0. The van der Waals surface area contributed by atoms with Crippen LogP contribution < -0.4 is 15.5 Å². The van der Waals surface area contributed by atoms with Crippen molar-refractivity contribution in [1.29, 1.82) is 0 Å². The quantitative estimate of drug-likeness (QED) is 0.760. The first-order valence-corrected chi connectivity index (χ1v) is 9.40. The van der Waals surface area contributed by atoms with Crippen LogP contribution in [0.3, 0.4) is 0 Å². The zero-order chi connectivity index (χ0) is 19.2. The predicted octanol–water partition coefficient (Wildman–Crippen LogP) is 1.92. The minimum atomic E-state index is -0.263. The molecule has 2 N–H and O–H groups in total. The molecule has 3 heterocycles.